The van der Waals surface area contributed by atoms with E-state index in [9.17, 15) is 9.46 Å². The quantitative estimate of drug-likeness (QED) is 0.652. The van der Waals surface area contributed by atoms with Gasteiger partial charge in [0, 0.05) is 5.56 Å². The Kier molecular flexibility index (Phi) is 4.74. The molecule has 1 N–H and O–H groups in total. The smallest absolute Gasteiger partial charge is 0.404 e. The number of hydrogen-bond acceptors (Lipinski definition) is 3. The molecule has 0 saturated carbocycles. The van der Waals surface area contributed by atoms with Gasteiger partial charge in [-0.25, -0.2) is 4.57 Å². The van der Waals surface area contributed by atoms with E-state index >= 15 is 0 Å². The van der Waals surface area contributed by atoms with Crippen LogP contribution >= 0.6 is 7.82 Å². The third-order valence-corrected chi connectivity index (χ3v) is 2.89. The van der Waals surface area contributed by atoms with Crippen LogP contribution in [0, 0.1) is 5.41 Å². The second kappa shape index (κ2) is 5.70. The van der Waals surface area contributed by atoms with Gasteiger partial charge in [0.25, 0.3) is 0 Å². The predicted molar refractivity (Wildman–Crippen MR) is 71.8 cm³/mol. The molecule has 0 bridgehead atoms. The molecule has 0 aliphatic carbocycles. The third kappa shape index (κ3) is 5.50. The van der Waals surface area contributed by atoms with Crippen molar-refractivity contribution in [1.29, 1.82) is 0 Å². The first kappa shape index (κ1) is 15.0. The van der Waals surface area contributed by atoms with Gasteiger partial charge < -0.3 is 4.52 Å². The van der Waals surface area contributed by atoms with Gasteiger partial charge in [-0.2, -0.15) is 0 Å². The van der Waals surface area contributed by atoms with Gasteiger partial charge in [-0.3, -0.25) is 9.42 Å². The van der Waals surface area contributed by atoms with Gasteiger partial charge >= 0.3 is 7.82 Å². The SMILES string of the molecule is C=C(OP(=O)(O)OCC(C)(C)C)c1ccccc1. The molecule has 0 heterocycles. The van der Waals surface area contributed by atoms with Crippen molar-refractivity contribution >= 4 is 13.6 Å². The largest absolute Gasteiger partial charge is 0.527 e. The van der Waals surface area contributed by atoms with Crippen LogP contribution in [0.1, 0.15) is 26.3 Å². The van der Waals surface area contributed by atoms with Crippen LogP contribution < -0.4 is 0 Å². The van der Waals surface area contributed by atoms with Crippen LogP contribution in [-0.4, -0.2) is 11.5 Å². The highest BCUT2D eigenvalue weighted by Gasteiger charge is 2.26. The first-order valence-corrected chi connectivity index (χ1v) is 7.10. The van der Waals surface area contributed by atoms with Crippen LogP contribution in [0.5, 0.6) is 0 Å². The zero-order valence-electron chi connectivity index (χ0n) is 10.9. The van der Waals surface area contributed by atoms with Gasteiger partial charge in [0.1, 0.15) is 5.76 Å². The molecule has 1 atom stereocenters. The molecular weight excluding hydrogens is 251 g/mol. The molecule has 0 aliphatic rings. The fourth-order valence-corrected chi connectivity index (χ4v) is 2.10. The van der Waals surface area contributed by atoms with E-state index in [2.05, 4.69) is 6.58 Å². The summed E-state index contributed by atoms with van der Waals surface area (Å²) in [7, 11) is -4.11. The van der Waals surface area contributed by atoms with Gasteiger partial charge in [-0.1, -0.05) is 57.7 Å². The second-order valence-electron chi connectivity index (χ2n) is 5.18. The highest BCUT2D eigenvalue weighted by atomic mass is 31.2. The maximum atomic E-state index is 11.7. The first-order valence-electron chi connectivity index (χ1n) is 5.61. The summed E-state index contributed by atoms with van der Waals surface area (Å²) < 4.78 is 21.5. The molecule has 1 unspecified atom stereocenters. The minimum Gasteiger partial charge on any atom is -0.404 e. The van der Waals surface area contributed by atoms with Crippen molar-refractivity contribution in [2.45, 2.75) is 20.8 Å². The molecule has 4 nitrogen and oxygen atoms in total. The number of benzene rings is 1. The van der Waals surface area contributed by atoms with E-state index in [1.807, 2.05) is 26.8 Å². The van der Waals surface area contributed by atoms with Crippen molar-refractivity contribution in [2.75, 3.05) is 6.61 Å². The van der Waals surface area contributed by atoms with E-state index in [0.29, 0.717) is 5.56 Å². The van der Waals surface area contributed by atoms with Crippen molar-refractivity contribution in [2.24, 2.45) is 5.41 Å². The van der Waals surface area contributed by atoms with E-state index in [-0.39, 0.29) is 17.8 Å². The van der Waals surface area contributed by atoms with Crippen LogP contribution in [-0.2, 0) is 13.6 Å². The minimum absolute atomic E-state index is 0.121. The Balaban J connectivity index is 2.61. The summed E-state index contributed by atoms with van der Waals surface area (Å²) in [4.78, 5) is 9.56. The van der Waals surface area contributed by atoms with Gasteiger partial charge in [0.15, 0.2) is 0 Å². The van der Waals surface area contributed by atoms with Gasteiger partial charge in [0.05, 0.1) is 6.61 Å². The Labute approximate surface area is 108 Å². The Hall–Kier alpha value is -1.09. The first-order chi connectivity index (χ1) is 8.20. The number of rotatable bonds is 5. The number of phosphoric ester groups is 1. The topological polar surface area (TPSA) is 55.8 Å². The van der Waals surface area contributed by atoms with Gasteiger partial charge in [-0.15, -0.1) is 0 Å². The van der Waals surface area contributed by atoms with Gasteiger partial charge in [-0.05, 0) is 5.41 Å². The zero-order valence-corrected chi connectivity index (χ0v) is 11.8. The fourth-order valence-electron chi connectivity index (χ4n) is 1.12. The monoisotopic (exact) mass is 270 g/mol. The average Bonchev–Trinajstić information content (AvgIpc) is 2.26. The van der Waals surface area contributed by atoms with Crippen LogP contribution in [0.3, 0.4) is 0 Å². The maximum absolute atomic E-state index is 11.7. The summed E-state index contributed by atoms with van der Waals surface area (Å²) in [6.07, 6.45) is 0. The number of hydrogen-bond donors (Lipinski definition) is 1. The molecule has 1 aromatic carbocycles. The second-order valence-corrected chi connectivity index (χ2v) is 6.56. The molecule has 18 heavy (non-hydrogen) atoms. The highest BCUT2D eigenvalue weighted by Crippen LogP contribution is 2.48. The van der Waals surface area contributed by atoms with E-state index in [4.69, 9.17) is 9.05 Å². The lowest BCUT2D eigenvalue weighted by Crippen LogP contribution is -2.13. The zero-order chi connectivity index (χ0) is 13.8. The van der Waals surface area contributed by atoms with Crippen LogP contribution in [0.15, 0.2) is 36.9 Å². The van der Waals surface area contributed by atoms with Crippen LogP contribution in [0.4, 0.5) is 0 Å². The molecule has 0 spiro atoms. The lowest BCUT2D eigenvalue weighted by atomic mass is 9.99. The van der Waals surface area contributed by atoms with Crippen molar-refractivity contribution in [3.8, 4) is 0 Å². The Bertz CT molecular complexity index is 448. The molecule has 5 heteroatoms. The molecule has 0 amide bonds. The Morgan fingerprint density at radius 3 is 2.39 bits per heavy atom. The van der Waals surface area contributed by atoms with Crippen molar-refractivity contribution in [3.05, 3.63) is 42.5 Å². The van der Waals surface area contributed by atoms with Crippen LogP contribution in [0.2, 0.25) is 0 Å². The lowest BCUT2D eigenvalue weighted by molar-refractivity contribution is 0.138. The Morgan fingerprint density at radius 1 is 1.33 bits per heavy atom. The normalized spacial score (nSPS) is 14.9. The summed E-state index contributed by atoms with van der Waals surface area (Å²) in [5.74, 6) is 0.121. The molecule has 100 valence electrons. The van der Waals surface area contributed by atoms with Crippen LogP contribution in [0.25, 0.3) is 5.76 Å². The van der Waals surface area contributed by atoms with E-state index < -0.39 is 7.82 Å². The number of phosphoric acid groups is 1. The summed E-state index contributed by atoms with van der Waals surface area (Å²) in [5, 5.41) is 0. The summed E-state index contributed by atoms with van der Waals surface area (Å²) in [5.41, 5.74) is 0.432. The molecular formula is C13H19O4P. The highest BCUT2D eigenvalue weighted by molar-refractivity contribution is 7.47. The molecule has 1 aromatic rings. The van der Waals surface area contributed by atoms with Gasteiger partial charge in [0.2, 0.25) is 0 Å². The fraction of sp³-hybridized carbons (Fsp3) is 0.385. The minimum atomic E-state index is -4.11. The summed E-state index contributed by atoms with van der Waals surface area (Å²) >= 11 is 0. The Morgan fingerprint density at radius 2 is 1.89 bits per heavy atom. The predicted octanol–water partition coefficient (Wildman–Crippen LogP) is 3.84. The lowest BCUT2D eigenvalue weighted by Gasteiger charge is -2.21. The molecule has 0 saturated heterocycles. The molecule has 0 radical (unpaired) electrons. The maximum Gasteiger partial charge on any atom is 0.527 e. The van der Waals surface area contributed by atoms with Crippen molar-refractivity contribution in [1.82, 2.24) is 0 Å². The van der Waals surface area contributed by atoms with E-state index in [0.717, 1.165) is 0 Å². The molecule has 0 aliphatic heterocycles. The van der Waals surface area contributed by atoms with Crippen molar-refractivity contribution in [3.63, 3.8) is 0 Å². The van der Waals surface area contributed by atoms with E-state index in [1.165, 1.54) is 0 Å². The standard InChI is InChI=1S/C13H19O4P/c1-11(12-8-6-5-7-9-12)17-18(14,15)16-10-13(2,3)4/h5-9H,1,10H2,2-4H3,(H,14,15). The summed E-state index contributed by atoms with van der Waals surface area (Å²) in [6.45, 7) is 9.45. The molecule has 0 aromatic heterocycles. The summed E-state index contributed by atoms with van der Waals surface area (Å²) in [6, 6.07) is 8.91. The third-order valence-electron chi connectivity index (χ3n) is 1.98. The molecule has 0 fully saturated rings. The molecule has 1 rings (SSSR count). The average molecular weight is 270 g/mol. The van der Waals surface area contributed by atoms with Crippen molar-refractivity contribution < 1.29 is 18.5 Å². The van der Waals surface area contributed by atoms with E-state index in [1.54, 1.807) is 24.3 Å².